The van der Waals surface area contributed by atoms with Crippen LogP contribution >= 0.6 is 15.9 Å². The lowest BCUT2D eigenvalue weighted by Gasteiger charge is -2.08. The largest absolute Gasteiger partial charge is 0.435 e. The van der Waals surface area contributed by atoms with Crippen molar-refractivity contribution in [3.05, 3.63) is 58.6 Å². The predicted octanol–water partition coefficient (Wildman–Crippen LogP) is 4.63. The van der Waals surface area contributed by atoms with Gasteiger partial charge in [-0.3, -0.25) is 0 Å². The molecule has 0 N–H and O–H groups in total. The predicted molar refractivity (Wildman–Crippen MR) is 78.4 cm³/mol. The molecule has 1 heterocycles. The lowest BCUT2D eigenvalue weighted by atomic mass is 10.2. The van der Waals surface area contributed by atoms with Crippen LogP contribution in [-0.4, -0.2) is 9.97 Å². The van der Waals surface area contributed by atoms with Crippen molar-refractivity contribution in [2.75, 3.05) is 0 Å². The molecule has 5 heteroatoms. The smallest absolute Gasteiger partial charge is 0.230 e. The van der Waals surface area contributed by atoms with Gasteiger partial charge in [0.25, 0.3) is 0 Å². The van der Waals surface area contributed by atoms with Crippen molar-refractivity contribution in [2.24, 2.45) is 0 Å². The van der Waals surface area contributed by atoms with Crippen molar-refractivity contribution < 1.29 is 9.13 Å². The monoisotopic (exact) mass is 332 g/mol. The molecule has 2 aromatic carbocycles. The van der Waals surface area contributed by atoms with Crippen LogP contribution in [0.25, 0.3) is 10.9 Å². The van der Waals surface area contributed by atoms with E-state index in [1.807, 2.05) is 25.1 Å². The summed E-state index contributed by atoms with van der Waals surface area (Å²) in [5.74, 6) is 0.0356. The van der Waals surface area contributed by atoms with Crippen LogP contribution in [0.2, 0.25) is 0 Å². The Balaban J connectivity index is 2.08. The summed E-state index contributed by atoms with van der Waals surface area (Å²) in [4.78, 5) is 8.26. The fourth-order valence-electron chi connectivity index (χ4n) is 1.89. The van der Waals surface area contributed by atoms with Gasteiger partial charge in [-0.05, 0) is 37.3 Å². The van der Waals surface area contributed by atoms with Gasteiger partial charge in [-0.25, -0.2) is 14.4 Å². The topological polar surface area (TPSA) is 35.0 Å². The van der Waals surface area contributed by atoms with Crippen molar-refractivity contribution in [1.29, 1.82) is 0 Å². The molecule has 0 radical (unpaired) electrons. The quantitative estimate of drug-likeness (QED) is 0.686. The first-order chi connectivity index (χ1) is 9.63. The van der Waals surface area contributed by atoms with Gasteiger partial charge in [0.1, 0.15) is 6.33 Å². The fraction of sp³-hybridized carbons (Fsp3) is 0.0667. The molecule has 0 atom stereocenters. The molecule has 0 amide bonds. The average Bonchev–Trinajstić information content (AvgIpc) is 2.42. The maximum absolute atomic E-state index is 13.8. The summed E-state index contributed by atoms with van der Waals surface area (Å²) in [5, 5.41) is 0.759. The third kappa shape index (κ3) is 2.49. The van der Waals surface area contributed by atoms with Crippen molar-refractivity contribution in [1.82, 2.24) is 9.97 Å². The molecule has 0 bridgehead atoms. The van der Waals surface area contributed by atoms with Gasteiger partial charge in [0.15, 0.2) is 11.6 Å². The van der Waals surface area contributed by atoms with E-state index >= 15 is 0 Å². The second-order valence-electron chi connectivity index (χ2n) is 4.38. The van der Waals surface area contributed by atoms with Crippen molar-refractivity contribution in [2.45, 2.75) is 6.92 Å². The summed E-state index contributed by atoms with van der Waals surface area (Å²) in [6.07, 6.45) is 1.41. The molecule has 0 saturated heterocycles. The van der Waals surface area contributed by atoms with Gasteiger partial charge < -0.3 is 4.74 Å². The lowest BCUT2D eigenvalue weighted by molar-refractivity contribution is 0.431. The Morgan fingerprint density at radius 1 is 1.10 bits per heavy atom. The number of fused-ring (bicyclic) bond motifs is 1. The van der Waals surface area contributed by atoms with E-state index in [0.29, 0.717) is 10.4 Å². The molecular formula is C15H10BrFN2O. The highest BCUT2D eigenvalue weighted by Gasteiger charge is 2.10. The van der Waals surface area contributed by atoms with Gasteiger partial charge in [0, 0.05) is 4.47 Å². The van der Waals surface area contributed by atoms with E-state index in [-0.39, 0.29) is 5.75 Å². The number of halogens is 2. The Kier molecular flexibility index (Phi) is 3.36. The summed E-state index contributed by atoms with van der Waals surface area (Å²) in [6, 6.07) is 10.4. The highest BCUT2D eigenvalue weighted by molar-refractivity contribution is 9.10. The average molecular weight is 333 g/mol. The Morgan fingerprint density at radius 2 is 1.95 bits per heavy atom. The maximum atomic E-state index is 13.8. The standard InChI is InChI=1S/C15H10BrFN2O/c1-9-2-4-13-11(6-9)15(19-8-18-13)20-14-5-3-10(16)7-12(14)17/h2-8H,1H3. The number of rotatable bonds is 2. The van der Waals surface area contributed by atoms with Crippen molar-refractivity contribution in [3.8, 4) is 11.6 Å². The molecule has 0 aliphatic carbocycles. The normalized spacial score (nSPS) is 10.8. The number of ether oxygens (including phenoxy) is 1. The summed E-state index contributed by atoms with van der Waals surface area (Å²) >= 11 is 3.21. The summed E-state index contributed by atoms with van der Waals surface area (Å²) in [6.45, 7) is 1.97. The van der Waals surface area contributed by atoms with E-state index in [0.717, 1.165) is 16.5 Å². The molecule has 3 rings (SSSR count). The van der Waals surface area contributed by atoms with Gasteiger partial charge in [-0.1, -0.05) is 27.6 Å². The third-order valence-electron chi connectivity index (χ3n) is 2.85. The van der Waals surface area contributed by atoms with Gasteiger partial charge >= 0.3 is 0 Å². The molecule has 0 aliphatic rings. The van der Waals surface area contributed by atoms with E-state index in [4.69, 9.17) is 4.74 Å². The molecule has 100 valence electrons. The van der Waals surface area contributed by atoms with Gasteiger partial charge in [0.05, 0.1) is 10.9 Å². The van der Waals surface area contributed by atoms with Crippen LogP contribution < -0.4 is 4.74 Å². The molecule has 0 spiro atoms. The Labute approximate surface area is 123 Å². The second kappa shape index (κ2) is 5.17. The number of benzene rings is 2. The second-order valence-corrected chi connectivity index (χ2v) is 5.29. The summed E-state index contributed by atoms with van der Waals surface area (Å²) in [5.41, 5.74) is 1.83. The Bertz CT molecular complexity index is 792. The van der Waals surface area contributed by atoms with Crippen molar-refractivity contribution >= 4 is 26.8 Å². The molecule has 0 unspecified atom stereocenters. The molecule has 3 nitrogen and oxygen atoms in total. The van der Waals surface area contributed by atoms with Crippen LogP contribution in [0.1, 0.15) is 5.56 Å². The van der Waals surface area contributed by atoms with Crippen LogP contribution in [0.4, 0.5) is 4.39 Å². The van der Waals surface area contributed by atoms with Crippen LogP contribution in [-0.2, 0) is 0 Å². The number of aryl methyl sites for hydroxylation is 1. The number of nitrogens with zero attached hydrogens (tertiary/aromatic N) is 2. The Hall–Kier alpha value is -2.01. The minimum atomic E-state index is -0.446. The zero-order valence-corrected chi connectivity index (χ0v) is 12.2. The minimum Gasteiger partial charge on any atom is -0.435 e. The molecule has 1 aromatic heterocycles. The van der Waals surface area contributed by atoms with Gasteiger partial charge in [-0.15, -0.1) is 0 Å². The first-order valence-corrected chi connectivity index (χ1v) is 6.77. The lowest BCUT2D eigenvalue weighted by Crippen LogP contribution is -1.93. The highest BCUT2D eigenvalue weighted by Crippen LogP contribution is 2.30. The SMILES string of the molecule is Cc1ccc2ncnc(Oc3ccc(Br)cc3F)c2c1. The number of hydrogen-bond acceptors (Lipinski definition) is 3. The first-order valence-electron chi connectivity index (χ1n) is 5.98. The van der Waals surface area contributed by atoms with Crippen molar-refractivity contribution in [3.63, 3.8) is 0 Å². The molecule has 20 heavy (non-hydrogen) atoms. The zero-order chi connectivity index (χ0) is 14.1. The molecular weight excluding hydrogens is 323 g/mol. The summed E-state index contributed by atoms with van der Waals surface area (Å²) < 4.78 is 20.1. The van der Waals surface area contributed by atoms with Gasteiger partial charge in [0.2, 0.25) is 5.88 Å². The molecule has 0 saturated carbocycles. The third-order valence-corrected chi connectivity index (χ3v) is 3.35. The number of hydrogen-bond donors (Lipinski definition) is 0. The Morgan fingerprint density at radius 3 is 2.75 bits per heavy atom. The highest BCUT2D eigenvalue weighted by atomic mass is 79.9. The molecule has 0 aliphatic heterocycles. The van der Waals surface area contributed by atoms with Gasteiger partial charge in [-0.2, -0.15) is 0 Å². The van der Waals surface area contributed by atoms with E-state index in [1.54, 1.807) is 12.1 Å². The first kappa shape index (κ1) is 13.0. The summed E-state index contributed by atoms with van der Waals surface area (Å²) in [7, 11) is 0. The zero-order valence-electron chi connectivity index (χ0n) is 10.6. The molecule has 0 fully saturated rings. The van der Waals surface area contributed by atoms with E-state index in [2.05, 4.69) is 25.9 Å². The van der Waals surface area contributed by atoms with Crippen LogP contribution in [0.5, 0.6) is 11.6 Å². The fourth-order valence-corrected chi connectivity index (χ4v) is 2.22. The minimum absolute atomic E-state index is 0.134. The van der Waals surface area contributed by atoms with E-state index in [9.17, 15) is 4.39 Å². The van der Waals surface area contributed by atoms with Crippen LogP contribution in [0.3, 0.4) is 0 Å². The van der Waals surface area contributed by atoms with E-state index < -0.39 is 5.82 Å². The number of aromatic nitrogens is 2. The van der Waals surface area contributed by atoms with E-state index in [1.165, 1.54) is 12.4 Å². The molecule has 3 aromatic rings. The maximum Gasteiger partial charge on any atom is 0.230 e. The van der Waals surface area contributed by atoms with Crippen LogP contribution in [0, 0.1) is 12.7 Å². The van der Waals surface area contributed by atoms with Crippen LogP contribution in [0.15, 0.2) is 47.2 Å².